The van der Waals surface area contributed by atoms with E-state index in [1.165, 1.54) is 0 Å². The average molecular weight is 364 g/mol. The first-order valence-electron chi connectivity index (χ1n) is 10.0. The van der Waals surface area contributed by atoms with E-state index in [2.05, 4.69) is 6.92 Å². The first-order chi connectivity index (χ1) is 12.0. The molecule has 4 atom stereocenters. The molecule has 0 N–H and O–H groups in total. The number of carbonyl (C=O) groups is 3. The summed E-state index contributed by atoms with van der Waals surface area (Å²) < 4.78 is 11.3. The fraction of sp³-hybridized carbons (Fsp3) is 0.857. The summed E-state index contributed by atoms with van der Waals surface area (Å²) in [6, 6.07) is 0. The normalized spacial score (nSPS) is 40.7. The van der Waals surface area contributed by atoms with Crippen molar-refractivity contribution in [3.8, 4) is 0 Å². The van der Waals surface area contributed by atoms with Crippen LogP contribution in [0.5, 0.6) is 0 Å². The molecule has 2 saturated carbocycles. The van der Waals surface area contributed by atoms with Crippen LogP contribution in [0.15, 0.2) is 0 Å². The molecule has 0 amide bonds. The number of hydrogen-bond acceptors (Lipinski definition) is 5. The van der Waals surface area contributed by atoms with Crippen molar-refractivity contribution in [3.05, 3.63) is 0 Å². The molecule has 0 aromatic carbocycles. The maximum atomic E-state index is 13.0. The number of ether oxygens (including phenoxy) is 2. The third-order valence-electron chi connectivity index (χ3n) is 7.84. The Morgan fingerprint density at radius 3 is 2.35 bits per heavy atom. The maximum absolute atomic E-state index is 13.0. The predicted molar refractivity (Wildman–Crippen MR) is 96.3 cm³/mol. The van der Waals surface area contributed by atoms with Crippen LogP contribution in [0.2, 0.25) is 0 Å². The van der Waals surface area contributed by atoms with Gasteiger partial charge in [0.25, 0.3) is 0 Å². The van der Waals surface area contributed by atoms with Gasteiger partial charge in [-0.1, -0.05) is 47.0 Å². The van der Waals surface area contributed by atoms with Crippen LogP contribution in [0.3, 0.4) is 0 Å². The summed E-state index contributed by atoms with van der Waals surface area (Å²) in [6.07, 6.45) is 5.78. The Kier molecular flexibility index (Phi) is 4.52. The van der Waals surface area contributed by atoms with Gasteiger partial charge in [0, 0.05) is 10.8 Å². The van der Waals surface area contributed by atoms with Crippen LogP contribution in [0.1, 0.15) is 86.0 Å². The maximum Gasteiger partial charge on any atom is 0.351 e. The number of esters is 2. The molecular weight excluding hydrogens is 332 g/mol. The van der Waals surface area contributed by atoms with Crippen molar-refractivity contribution in [1.29, 1.82) is 0 Å². The van der Waals surface area contributed by atoms with Crippen LogP contribution in [0.25, 0.3) is 0 Å². The zero-order chi connectivity index (χ0) is 19.4. The fourth-order valence-electron chi connectivity index (χ4n) is 5.15. The van der Waals surface area contributed by atoms with E-state index in [-0.39, 0.29) is 11.8 Å². The molecule has 2 unspecified atom stereocenters. The van der Waals surface area contributed by atoms with Gasteiger partial charge in [0.2, 0.25) is 5.60 Å². The van der Waals surface area contributed by atoms with Crippen molar-refractivity contribution in [2.45, 2.75) is 97.7 Å². The molecule has 0 spiro atoms. The molecule has 5 heteroatoms. The highest BCUT2D eigenvalue weighted by molar-refractivity contribution is 5.96. The molecule has 146 valence electrons. The number of ketones is 1. The van der Waals surface area contributed by atoms with Crippen molar-refractivity contribution in [2.24, 2.45) is 16.2 Å². The molecular formula is C21H32O5. The predicted octanol–water partition coefficient (Wildman–Crippen LogP) is 3.97. The first-order valence-corrected chi connectivity index (χ1v) is 10.0. The topological polar surface area (TPSA) is 69.7 Å². The number of unbranched alkanes of at least 4 members (excludes halogenated alkanes) is 2. The van der Waals surface area contributed by atoms with Gasteiger partial charge >= 0.3 is 11.9 Å². The van der Waals surface area contributed by atoms with E-state index < -0.39 is 33.9 Å². The van der Waals surface area contributed by atoms with E-state index >= 15 is 0 Å². The SMILES string of the molecule is CCCCC[C@@]1(C)CC[C@@H](OC(=O)C23CCC(C)(C(=O)O2)C3(C)C)C1=O. The van der Waals surface area contributed by atoms with Gasteiger partial charge in [0.1, 0.15) is 0 Å². The Morgan fingerprint density at radius 2 is 1.81 bits per heavy atom. The zero-order valence-electron chi connectivity index (χ0n) is 16.8. The second kappa shape index (κ2) is 6.07. The number of carbonyl (C=O) groups excluding carboxylic acids is 3. The third kappa shape index (κ3) is 2.38. The van der Waals surface area contributed by atoms with E-state index in [0.29, 0.717) is 19.3 Å². The van der Waals surface area contributed by atoms with Crippen molar-refractivity contribution in [2.75, 3.05) is 0 Å². The molecule has 3 aliphatic rings. The molecule has 5 nitrogen and oxygen atoms in total. The lowest BCUT2D eigenvalue weighted by molar-refractivity contribution is -0.187. The van der Waals surface area contributed by atoms with E-state index in [0.717, 1.165) is 32.1 Å². The number of hydrogen-bond donors (Lipinski definition) is 0. The van der Waals surface area contributed by atoms with Gasteiger partial charge in [-0.3, -0.25) is 9.59 Å². The summed E-state index contributed by atoms with van der Waals surface area (Å²) in [4.78, 5) is 38.3. The molecule has 3 rings (SSSR count). The third-order valence-corrected chi connectivity index (χ3v) is 7.84. The van der Waals surface area contributed by atoms with Gasteiger partial charge in [0.05, 0.1) is 5.41 Å². The van der Waals surface area contributed by atoms with Gasteiger partial charge in [0.15, 0.2) is 11.9 Å². The Bertz CT molecular complexity index is 638. The number of rotatable bonds is 6. The molecule has 2 bridgehead atoms. The van der Waals surface area contributed by atoms with Gasteiger partial charge in [-0.2, -0.15) is 0 Å². The second-order valence-electron chi connectivity index (χ2n) is 9.49. The van der Waals surface area contributed by atoms with E-state index in [1.807, 2.05) is 27.7 Å². The minimum Gasteiger partial charge on any atom is -0.451 e. The number of Topliss-reactive ketones (excluding diaryl/α,β-unsaturated/α-hetero) is 1. The monoisotopic (exact) mass is 364 g/mol. The summed E-state index contributed by atoms with van der Waals surface area (Å²) in [7, 11) is 0. The second-order valence-corrected chi connectivity index (χ2v) is 9.49. The lowest BCUT2D eigenvalue weighted by Crippen LogP contribution is -2.50. The van der Waals surface area contributed by atoms with Crippen LogP contribution in [-0.2, 0) is 23.9 Å². The summed E-state index contributed by atoms with van der Waals surface area (Å²) in [5, 5.41) is 0. The van der Waals surface area contributed by atoms with Crippen molar-refractivity contribution >= 4 is 17.7 Å². The minimum atomic E-state index is -1.25. The molecule has 1 saturated heterocycles. The smallest absolute Gasteiger partial charge is 0.351 e. The summed E-state index contributed by atoms with van der Waals surface area (Å²) in [5.74, 6) is -0.831. The van der Waals surface area contributed by atoms with Crippen molar-refractivity contribution in [1.82, 2.24) is 0 Å². The molecule has 3 fully saturated rings. The Morgan fingerprint density at radius 1 is 1.12 bits per heavy atom. The Labute approximate surface area is 156 Å². The first kappa shape index (κ1) is 19.4. The van der Waals surface area contributed by atoms with E-state index in [4.69, 9.17) is 9.47 Å². The Hall–Kier alpha value is -1.39. The van der Waals surface area contributed by atoms with E-state index in [1.54, 1.807) is 0 Å². The number of fused-ring (bicyclic) bond motifs is 2. The highest BCUT2D eigenvalue weighted by atomic mass is 16.6. The molecule has 1 aliphatic heterocycles. The molecule has 2 aliphatic carbocycles. The molecule has 0 radical (unpaired) electrons. The lowest BCUT2D eigenvalue weighted by Gasteiger charge is -2.35. The molecule has 26 heavy (non-hydrogen) atoms. The highest BCUT2D eigenvalue weighted by Gasteiger charge is 2.76. The summed E-state index contributed by atoms with van der Waals surface area (Å²) >= 11 is 0. The van der Waals surface area contributed by atoms with Crippen LogP contribution in [0.4, 0.5) is 0 Å². The largest absolute Gasteiger partial charge is 0.451 e. The summed E-state index contributed by atoms with van der Waals surface area (Å²) in [6.45, 7) is 9.80. The van der Waals surface area contributed by atoms with Gasteiger partial charge in [-0.15, -0.1) is 0 Å². The molecule has 0 aromatic heterocycles. The van der Waals surface area contributed by atoms with Crippen molar-refractivity contribution < 1.29 is 23.9 Å². The molecule has 1 heterocycles. The quantitative estimate of drug-likeness (QED) is 0.527. The van der Waals surface area contributed by atoms with Gasteiger partial charge < -0.3 is 9.47 Å². The lowest BCUT2D eigenvalue weighted by atomic mass is 9.66. The van der Waals surface area contributed by atoms with Crippen LogP contribution in [-0.4, -0.2) is 29.4 Å². The molecule has 0 aromatic rings. The van der Waals surface area contributed by atoms with Crippen LogP contribution >= 0.6 is 0 Å². The van der Waals surface area contributed by atoms with E-state index in [9.17, 15) is 14.4 Å². The van der Waals surface area contributed by atoms with Crippen molar-refractivity contribution in [3.63, 3.8) is 0 Å². The zero-order valence-corrected chi connectivity index (χ0v) is 16.8. The minimum absolute atomic E-state index is 0.0289. The van der Waals surface area contributed by atoms with Crippen LogP contribution < -0.4 is 0 Å². The Balaban J connectivity index is 1.72. The average Bonchev–Trinajstić information content (AvgIpc) is 3.02. The fourth-order valence-corrected chi connectivity index (χ4v) is 5.15. The standard InChI is InChI=1S/C21H32O5/c1-6-7-8-10-19(4)11-9-14(15(19)22)25-17(24)21-13-12-20(5,16(23)26-21)18(21,2)3/h14H,6-13H2,1-5H3/t14-,19+,20?,21?/m1/s1. The highest BCUT2D eigenvalue weighted by Crippen LogP contribution is 2.66. The van der Waals surface area contributed by atoms with Crippen LogP contribution in [0, 0.1) is 16.2 Å². The van der Waals surface area contributed by atoms with Gasteiger partial charge in [-0.25, -0.2) is 4.79 Å². The summed E-state index contributed by atoms with van der Waals surface area (Å²) in [5.41, 5.74) is -2.95. The van der Waals surface area contributed by atoms with Gasteiger partial charge in [-0.05, 0) is 39.0 Å².